The summed E-state index contributed by atoms with van der Waals surface area (Å²) >= 11 is 0. The molecule has 0 aliphatic heterocycles. The van der Waals surface area contributed by atoms with Gasteiger partial charge in [0.25, 0.3) is 11.9 Å². The molecule has 5 atom stereocenters. The number of hydrogen-bond donors (Lipinski definition) is 7. The van der Waals surface area contributed by atoms with Crippen LogP contribution in [-0.2, 0) is 14.4 Å². The van der Waals surface area contributed by atoms with Crippen LogP contribution in [-0.4, -0.2) is 84.7 Å². The van der Waals surface area contributed by atoms with Gasteiger partial charge >= 0.3 is 0 Å². The van der Waals surface area contributed by atoms with Gasteiger partial charge in [0.05, 0.1) is 29.3 Å². The number of fused-ring (bicyclic) bond motifs is 3. The molecular weight excluding hydrogens is 632 g/mol. The molecule has 0 bridgehead atoms. The molecule has 13 heteroatoms. The maximum absolute atomic E-state index is 14.1. The molecule has 0 unspecified atom stereocenters. The molecule has 1 heterocycles. The van der Waals surface area contributed by atoms with Crippen LogP contribution in [0.4, 0.5) is 11.7 Å². The Hall–Kier alpha value is -5.76. The van der Waals surface area contributed by atoms with Crippen LogP contribution >= 0.6 is 0 Å². The zero-order valence-electron chi connectivity index (χ0n) is 26.2. The number of amides is 1. The van der Waals surface area contributed by atoms with E-state index in [2.05, 4.69) is 10.3 Å². The van der Waals surface area contributed by atoms with Gasteiger partial charge in [0.2, 0.25) is 5.78 Å². The highest BCUT2D eigenvalue weighted by molar-refractivity contribution is 6.24. The Balaban J connectivity index is 1.23. The first-order valence-corrected chi connectivity index (χ1v) is 15.3. The summed E-state index contributed by atoms with van der Waals surface area (Å²) < 4.78 is 5.59. The van der Waals surface area contributed by atoms with E-state index in [9.17, 15) is 39.9 Å². The Morgan fingerprint density at radius 3 is 2.27 bits per heavy atom. The van der Waals surface area contributed by atoms with Gasteiger partial charge in [-0.1, -0.05) is 60.7 Å². The Morgan fingerprint density at radius 2 is 1.61 bits per heavy atom. The largest absolute Gasteiger partial charge is 0.508 e. The van der Waals surface area contributed by atoms with Crippen LogP contribution in [0, 0.1) is 18.3 Å². The summed E-state index contributed by atoms with van der Waals surface area (Å²) in [6.07, 6.45) is 1.14. The van der Waals surface area contributed by atoms with Crippen molar-refractivity contribution in [2.75, 3.05) is 19.4 Å². The van der Waals surface area contributed by atoms with Crippen molar-refractivity contribution in [3.8, 4) is 28.1 Å². The lowest BCUT2D eigenvalue weighted by atomic mass is 9.56. The zero-order valence-corrected chi connectivity index (χ0v) is 26.2. The SMILES string of the molecule is CN(C)[C@H]1C(=O)C(C(N)=O)=C(O)[C@]2(O)C(=O)C3=C(O)c4c(ccc(Nc5nc(-c6ccc(-c7ccccc7)cc6)co5)c4O)[CH][C@@H]3[C@@H](O)[C@H]12. The smallest absolute Gasteiger partial charge is 0.299 e. The fourth-order valence-electron chi connectivity index (χ4n) is 7.16. The molecule has 3 aromatic carbocycles. The number of Topliss-reactive ketones (excluding diaryl/α,β-unsaturated/α-hetero) is 2. The third-order valence-corrected chi connectivity index (χ3v) is 9.49. The zero-order chi connectivity index (χ0) is 34.9. The Bertz CT molecular complexity index is 2100. The number of phenols is 1. The van der Waals surface area contributed by atoms with E-state index < -0.39 is 75.5 Å². The minimum Gasteiger partial charge on any atom is -0.508 e. The van der Waals surface area contributed by atoms with E-state index in [0.29, 0.717) is 5.69 Å². The van der Waals surface area contributed by atoms with E-state index in [1.165, 1.54) is 43.8 Å². The molecule has 1 saturated carbocycles. The molecule has 1 aromatic heterocycles. The van der Waals surface area contributed by atoms with Crippen molar-refractivity contribution in [1.29, 1.82) is 0 Å². The van der Waals surface area contributed by atoms with Crippen molar-refractivity contribution in [2.24, 2.45) is 17.6 Å². The highest BCUT2D eigenvalue weighted by atomic mass is 16.4. The lowest BCUT2D eigenvalue weighted by molar-refractivity contribution is -0.167. The first kappa shape index (κ1) is 31.8. The quantitative estimate of drug-likeness (QED) is 0.117. The summed E-state index contributed by atoms with van der Waals surface area (Å²) in [5.74, 6) is -9.13. The van der Waals surface area contributed by atoms with E-state index in [0.717, 1.165) is 16.7 Å². The minimum absolute atomic E-state index is 0.0131. The summed E-state index contributed by atoms with van der Waals surface area (Å²) in [6, 6.07) is 19.2. The average molecular weight is 664 g/mol. The molecular formula is C36H31N4O9. The molecule has 7 rings (SSSR count). The van der Waals surface area contributed by atoms with Crippen molar-refractivity contribution in [3.63, 3.8) is 0 Å². The molecule has 0 saturated heterocycles. The number of carbonyl (C=O) groups is 3. The predicted octanol–water partition coefficient (Wildman–Crippen LogP) is 3.01. The fourth-order valence-corrected chi connectivity index (χ4v) is 7.16. The highest BCUT2D eigenvalue weighted by Crippen LogP contribution is 2.54. The molecule has 4 aromatic rings. The second kappa shape index (κ2) is 11.4. The number of aromatic hydroxyl groups is 1. The van der Waals surface area contributed by atoms with E-state index >= 15 is 0 Å². The number of primary amides is 1. The van der Waals surface area contributed by atoms with E-state index in [4.69, 9.17) is 10.2 Å². The number of aromatic nitrogens is 1. The number of phenolic OH excluding ortho intramolecular Hbond substituents is 1. The number of nitrogens with one attached hydrogen (secondary N) is 1. The molecule has 1 fully saturated rings. The van der Waals surface area contributed by atoms with Gasteiger partial charge in [0, 0.05) is 23.5 Å². The normalized spacial score (nSPS) is 24.8. The van der Waals surface area contributed by atoms with Crippen LogP contribution in [0.2, 0.25) is 0 Å². The average Bonchev–Trinajstić information content (AvgIpc) is 3.55. The van der Waals surface area contributed by atoms with Gasteiger partial charge in [0.1, 0.15) is 34.8 Å². The molecule has 8 N–H and O–H groups in total. The van der Waals surface area contributed by atoms with E-state index in [1.807, 2.05) is 54.6 Å². The van der Waals surface area contributed by atoms with Gasteiger partial charge in [-0.15, -0.1) is 0 Å². The molecule has 3 aliphatic rings. The van der Waals surface area contributed by atoms with E-state index in [1.54, 1.807) is 0 Å². The van der Waals surface area contributed by atoms with Crippen LogP contribution in [0.1, 0.15) is 11.1 Å². The van der Waals surface area contributed by atoms with Gasteiger partial charge in [-0.05, 0) is 36.9 Å². The summed E-state index contributed by atoms with van der Waals surface area (Å²) in [7, 11) is 2.88. The van der Waals surface area contributed by atoms with Crippen molar-refractivity contribution >= 4 is 34.9 Å². The topological polar surface area (TPSA) is 220 Å². The second-order valence-corrected chi connectivity index (χ2v) is 12.5. The van der Waals surface area contributed by atoms with E-state index in [-0.39, 0.29) is 22.8 Å². The van der Waals surface area contributed by atoms with Crippen molar-refractivity contribution < 1.29 is 44.3 Å². The summed E-state index contributed by atoms with van der Waals surface area (Å²) in [5, 5.41) is 60.1. The molecule has 1 amide bonds. The number of nitrogens with zero attached hydrogens (tertiary/aromatic N) is 2. The number of likely N-dealkylation sites (N-methyl/N-ethyl adjacent to an activating group) is 1. The monoisotopic (exact) mass is 663 g/mol. The number of oxazole rings is 1. The van der Waals surface area contributed by atoms with Crippen molar-refractivity contribution in [1.82, 2.24) is 9.88 Å². The number of aliphatic hydroxyl groups is 4. The summed E-state index contributed by atoms with van der Waals surface area (Å²) in [5.41, 5.74) is 4.28. The Labute approximate surface area is 279 Å². The number of anilines is 2. The van der Waals surface area contributed by atoms with Gasteiger partial charge in [0.15, 0.2) is 11.4 Å². The third kappa shape index (κ3) is 4.73. The summed E-state index contributed by atoms with van der Waals surface area (Å²) in [6.45, 7) is 0. The highest BCUT2D eigenvalue weighted by Gasteiger charge is 2.67. The van der Waals surface area contributed by atoms with Gasteiger partial charge in [-0.25, -0.2) is 0 Å². The number of hydrogen-bond acceptors (Lipinski definition) is 12. The van der Waals surface area contributed by atoms with Crippen LogP contribution < -0.4 is 11.1 Å². The molecule has 249 valence electrons. The lowest BCUT2D eigenvalue weighted by Gasteiger charge is -2.52. The maximum Gasteiger partial charge on any atom is 0.299 e. The minimum atomic E-state index is -3.00. The van der Waals surface area contributed by atoms with Crippen LogP contribution in [0.3, 0.4) is 0 Å². The maximum atomic E-state index is 14.1. The first-order valence-electron chi connectivity index (χ1n) is 15.3. The van der Waals surface area contributed by atoms with Gasteiger partial charge in [-0.2, -0.15) is 4.98 Å². The number of benzene rings is 3. The van der Waals surface area contributed by atoms with Crippen molar-refractivity contribution in [3.05, 3.63) is 107 Å². The lowest BCUT2D eigenvalue weighted by Crippen LogP contribution is -2.70. The van der Waals surface area contributed by atoms with Gasteiger partial charge in [-0.3, -0.25) is 19.3 Å². The van der Waals surface area contributed by atoms with Crippen LogP contribution in [0.25, 0.3) is 28.1 Å². The molecule has 3 aliphatic carbocycles. The van der Waals surface area contributed by atoms with Gasteiger partial charge < -0.3 is 41.0 Å². The number of nitrogens with two attached hydrogens (primary N) is 1. The first-order chi connectivity index (χ1) is 23.3. The molecule has 0 spiro atoms. The number of carbonyl (C=O) groups excluding carboxylic acids is 3. The predicted molar refractivity (Wildman–Crippen MR) is 176 cm³/mol. The summed E-state index contributed by atoms with van der Waals surface area (Å²) in [4.78, 5) is 45.3. The van der Waals surface area contributed by atoms with Crippen LogP contribution in [0.5, 0.6) is 5.75 Å². The third-order valence-electron chi connectivity index (χ3n) is 9.49. The standard InChI is InChI=1S/C36H31N4O9/c1-40(2)27-26-28(41)20-14-19-12-13-21(38-35-39-22(15-49-35)18-10-8-17(9-11-18)16-6-4-3-5-7-16)29(42)23(19)30(43)24(20)32(45)36(26,48)33(46)25(31(27)44)34(37)47/h3-15,20,26-28,41-43,46,48H,1-2H3,(H2,37,47)(H,38,39)/t20-,26-,27+,28+,36+/m0/s1. The van der Waals surface area contributed by atoms with Crippen LogP contribution in [0.15, 0.2) is 94.3 Å². The fraction of sp³-hybridized carbons (Fsp3) is 0.194. The Kier molecular flexibility index (Phi) is 7.43. The number of rotatable bonds is 6. The molecule has 13 nitrogen and oxygen atoms in total. The van der Waals surface area contributed by atoms with Crippen molar-refractivity contribution in [2.45, 2.75) is 17.7 Å². The second-order valence-electron chi connectivity index (χ2n) is 12.5. The Morgan fingerprint density at radius 1 is 0.959 bits per heavy atom. The molecule has 1 radical (unpaired) electrons. The number of aliphatic hydroxyl groups excluding tert-OH is 3. The molecule has 49 heavy (non-hydrogen) atoms. The number of ketones is 2.